The Bertz CT molecular complexity index is 1010. The largest absolute Gasteiger partial charge is 0.324 e. The second-order valence-electron chi connectivity index (χ2n) is 5.30. The SMILES string of the molecule is Cc1cc(F)ccc1NC(=O)Cn1cnc2c(c(Br)nn2C)c1=O. The van der Waals surface area contributed by atoms with E-state index < -0.39 is 5.91 Å². The van der Waals surface area contributed by atoms with Gasteiger partial charge in [0.1, 0.15) is 28.7 Å². The predicted octanol–water partition coefficient (Wildman–Crippen LogP) is 1.98. The summed E-state index contributed by atoms with van der Waals surface area (Å²) in [7, 11) is 1.67. The molecule has 0 atom stereocenters. The zero-order chi connectivity index (χ0) is 17.4. The molecule has 0 saturated carbocycles. The van der Waals surface area contributed by atoms with Crippen molar-refractivity contribution in [1.29, 1.82) is 0 Å². The lowest BCUT2D eigenvalue weighted by molar-refractivity contribution is -0.116. The number of fused-ring (bicyclic) bond motifs is 1. The summed E-state index contributed by atoms with van der Waals surface area (Å²) in [5.74, 6) is -0.786. The summed E-state index contributed by atoms with van der Waals surface area (Å²) < 4.78 is 16.1. The van der Waals surface area contributed by atoms with Crippen molar-refractivity contribution < 1.29 is 9.18 Å². The fraction of sp³-hybridized carbons (Fsp3) is 0.200. The Morgan fingerprint density at radius 2 is 2.17 bits per heavy atom. The van der Waals surface area contributed by atoms with Gasteiger partial charge in [-0.3, -0.25) is 14.2 Å². The molecule has 0 unspecified atom stereocenters. The van der Waals surface area contributed by atoms with Crippen LogP contribution in [-0.2, 0) is 18.4 Å². The lowest BCUT2D eigenvalue weighted by Crippen LogP contribution is -2.28. The summed E-state index contributed by atoms with van der Waals surface area (Å²) in [4.78, 5) is 28.8. The molecule has 1 amide bonds. The van der Waals surface area contributed by atoms with Crippen molar-refractivity contribution in [3.63, 3.8) is 0 Å². The second-order valence-corrected chi connectivity index (χ2v) is 6.05. The number of carbonyl (C=O) groups is 1. The summed E-state index contributed by atoms with van der Waals surface area (Å²) in [5.41, 5.74) is 1.15. The third-order valence-electron chi connectivity index (χ3n) is 3.54. The van der Waals surface area contributed by atoms with Crippen LogP contribution in [0.2, 0.25) is 0 Å². The van der Waals surface area contributed by atoms with Crippen molar-refractivity contribution in [2.75, 3.05) is 5.32 Å². The van der Waals surface area contributed by atoms with E-state index in [1.807, 2.05) is 0 Å². The van der Waals surface area contributed by atoms with E-state index in [0.717, 1.165) is 0 Å². The third-order valence-corrected chi connectivity index (χ3v) is 4.10. The van der Waals surface area contributed by atoms with Crippen LogP contribution < -0.4 is 10.9 Å². The highest BCUT2D eigenvalue weighted by Crippen LogP contribution is 2.17. The highest BCUT2D eigenvalue weighted by Gasteiger charge is 2.15. The van der Waals surface area contributed by atoms with Crippen LogP contribution in [0.5, 0.6) is 0 Å². The number of aryl methyl sites for hydroxylation is 2. The van der Waals surface area contributed by atoms with Gasteiger partial charge in [-0.1, -0.05) is 0 Å². The van der Waals surface area contributed by atoms with Crippen molar-refractivity contribution in [2.45, 2.75) is 13.5 Å². The highest BCUT2D eigenvalue weighted by atomic mass is 79.9. The Balaban J connectivity index is 1.87. The quantitative estimate of drug-likeness (QED) is 0.737. The maximum Gasteiger partial charge on any atom is 0.266 e. The van der Waals surface area contributed by atoms with Gasteiger partial charge in [-0.2, -0.15) is 5.10 Å². The molecule has 9 heteroatoms. The molecule has 0 bridgehead atoms. The number of amides is 1. The molecule has 0 aliphatic heterocycles. The highest BCUT2D eigenvalue weighted by molar-refractivity contribution is 9.10. The Hall–Kier alpha value is -2.55. The Morgan fingerprint density at radius 1 is 1.42 bits per heavy atom. The summed E-state index contributed by atoms with van der Waals surface area (Å²) in [5, 5.41) is 7.05. The number of halogens is 2. The lowest BCUT2D eigenvalue weighted by Gasteiger charge is -2.09. The monoisotopic (exact) mass is 393 g/mol. The average molecular weight is 394 g/mol. The summed E-state index contributed by atoms with van der Waals surface area (Å²) >= 11 is 3.22. The van der Waals surface area contributed by atoms with Crippen molar-refractivity contribution in [2.24, 2.45) is 7.05 Å². The van der Waals surface area contributed by atoms with Gasteiger partial charge in [0.05, 0.1) is 0 Å². The molecule has 1 aromatic carbocycles. The first-order chi connectivity index (χ1) is 11.4. The van der Waals surface area contributed by atoms with Crippen LogP contribution in [0.25, 0.3) is 11.0 Å². The first-order valence-corrected chi connectivity index (χ1v) is 7.80. The number of anilines is 1. The zero-order valence-corrected chi connectivity index (χ0v) is 14.5. The molecule has 1 N–H and O–H groups in total. The average Bonchev–Trinajstić information content (AvgIpc) is 2.80. The fourth-order valence-electron chi connectivity index (χ4n) is 2.36. The minimum absolute atomic E-state index is 0.208. The van der Waals surface area contributed by atoms with Crippen LogP contribution in [-0.4, -0.2) is 25.2 Å². The lowest BCUT2D eigenvalue weighted by atomic mass is 10.2. The number of benzene rings is 1. The van der Waals surface area contributed by atoms with Crippen LogP contribution in [0.3, 0.4) is 0 Å². The van der Waals surface area contributed by atoms with E-state index in [1.165, 1.54) is 33.8 Å². The van der Waals surface area contributed by atoms with Gasteiger partial charge >= 0.3 is 0 Å². The van der Waals surface area contributed by atoms with E-state index in [2.05, 4.69) is 31.3 Å². The second kappa shape index (κ2) is 6.16. The number of nitrogens with one attached hydrogen (secondary N) is 1. The number of aromatic nitrogens is 4. The molecular formula is C15H13BrFN5O2. The van der Waals surface area contributed by atoms with E-state index >= 15 is 0 Å². The minimum Gasteiger partial charge on any atom is -0.324 e. The fourth-order valence-corrected chi connectivity index (χ4v) is 2.94. The molecule has 7 nitrogen and oxygen atoms in total. The molecule has 24 heavy (non-hydrogen) atoms. The molecule has 0 aliphatic carbocycles. The van der Waals surface area contributed by atoms with E-state index in [4.69, 9.17) is 0 Å². The molecule has 3 rings (SSSR count). The number of rotatable bonds is 3. The van der Waals surface area contributed by atoms with Gasteiger partial charge in [0, 0.05) is 12.7 Å². The first kappa shape index (κ1) is 16.3. The molecule has 2 aromatic heterocycles. The molecule has 2 heterocycles. The van der Waals surface area contributed by atoms with E-state index in [0.29, 0.717) is 26.9 Å². The first-order valence-electron chi connectivity index (χ1n) is 7.00. The molecule has 0 spiro atoms. The van der Waals surface area contributed by atoms with Gasteiger partial charge in [0.15, 0.2) is 5.65 Å². The van der Waals surface area contributed by atoms with Crippen molar-refractivity contribution >= 4 is 38.6 Å². The maximum atomic E-state index is 13.1. The molecule has 0 aliphatic rings. The van der Waals surface area contributed by atoms with Crippen LogP contribution >= 0.6 is 15.9 Å². The molecule has 0 fully saturated rings. The molecule has 0 saturated heterocycles. The van der Waals surface area contributed by atoms with Gasteiger partial charge < -0.3 is 5.32 Å². The standard InChI is InChI=1S/C15H13BrFN5O2/c1-8-5-9(17)3-4-10(8)19-11(23)6-22-7-18-14-12(15(22)24)13(16)20-21(14)2/h3-5,7H,6H2,1-2H3,(H,19,23). The van der Waals surface area contributed by atoms with Crippen molar-refractivity contribution in [3.8, 4) is 0 Å². The molecular weight excluding hydrogens is 381 g/mol. The van der Waals surface area contributed by atoms with Crippen molar-refractivity contribution in [3.05, 3.63) is 50.9 Å². The smallest absolute Gasteiger partial charge is 0.266 e. The van der Waals surface area contributed by atoms with Crippen LogP contribution in [0, 0.1) is 12.7 Å². The minimum atomic E-state index is -0.409. The summed E-state index contributed by atoms with van der Waals surface area (Å²) in [6.45, 7) is 1.48. The van der Waals surface area contributed by atoms with E-state index in [1.54, 1.807) is 14.0 Å². The number of carbonyl (C=O) groups excluding carboxylic acids is 1. The molecule has 0 radical (unpaired) electrons. The Kier molecular flexibility index (Phi) is 4.18. The Labute approximate surface area is 144 Å². The van der Waals surface area contributed by atoms with Gasteiger partial charge in [0.25, 0.3) is 5.56 Å². The van der Waals surface area contributed by atoms with E-state index in [-0.39, 0.29) is 17.9 Å². The maximum absolute atomic E-state index is 13.1. The molecule has 3 aromatic rings. The normalized spacial score (nSPS) is 11.0. The van der Waals surface area contributed by atoms with Gasteiger partial charge in [-0.15, -0.1) is 0 Å². The van der Waals surface area contributed by atoms with Crippen LogP contribution in [0.15, 0.2) is 33.9 Å². The Morgan fingerprint density at radius 3 is 2.88 bits per heavy atom. The number of nitrogens with zero attached hydrogens (tertiary/aromatic N) is 4. The topological polar surface area (TPSA) is 81.8 Å². The summed E-state index contributed by atoms with van der Waals surface area (Å²) in [6.07, 6.45) is 1.30. The van der Waals surface area contributed by atoms with Crippen molar-refractivity contribution in [1.82, 2.24) is 19.3 Å². The third kappa shape index (κ3) is 2.94. The predicted molar refractivity (Wildman–Crippen MR) is 90.2 cm³/mol. The zero-order valence-electron chi connectivity index (χ0n) is 12.9. The van der Waals surface area contributed by atoms with Gasteiger partial charge in [-0.25, -0.2) is 14.1 Å². The van der Waals surface area contributed by atoms with Crippen LogP contribution in [0.1, 0.15) is 5.56 Å². The number of hydrogen-bond acceptors (Lipinski definition) is 4. The van der Waals surface area contributed by atoms with E-state index in [9.17, 15) is 14.0 Å². The van der Waals surface area contributed by atoms with Gasteiger partial charge in [0.2, 0.25) is 5.91 Å². The van der Waals surface area contributed by atoms with Crippen LogP contribution in [0.4, 0.5) is 10.1 Å². The summed E-state index contributed by atoms with van der Waals surface area (Å²) in [6, 6.07) is 4.06. The molecule has 124 valence electrons. The van der Waals surface area contributed by atoms with Gasteiger partial charge in [-0.05, 0) is 46.6 Å². The number of hydrogen-bond donors (Lipinski definition) is 1.